The van der Waals surface area contributed by atoms with Crippen LogP contribution in [0.25, 0.3) is 0 Å². The summed E-state index contributed by atoms with van der Waals surface area (Å²) in [6.45, 7) is 0.793. The molecule has 0 aromatic carbocycles. The van der Waals surface area contributed by atoms with Crippen molar-refractivity contribution in [3.63, 3.8) is 0 Å². The summed E-state index contributed by atoms with van der Waals surface area (Å²) in [6.07, 6.45) is 3.59. The number of hydrogen-bond acceptors (Lipinski definition) is 3. The van der Waals surface area contributed by atoms with E-state index in [2.05, 4.69) is 15.8 Å². The zero-order chi connectivity index (χ0) is 8.39. The molecule has 3 nitrogen and oxygen atoms in total. The Morgan fingerprint density at radius 1 is 1.58 bits per heavy atom. The third-order valence-electron chi connectivity index (χ3n) is 1.96. The van der Waals surface area contributed by atoms with Crippen LogP contribution in [-0.2, 0) is 0 Å². The van der Waals surface area contributed by atoms with E-state index < -0.39 is 0 Å². The molecule has 2 heterocycles. The standard InChI is InChI=1S/C8H10ClN3/c9-7-5-11-12-8(7)6-2-1-3-10-4-6/h1-4,7-8,11-12H,5H2. The molecule has 1 fully saturated rings. The number of aromatic nitrogens is 1. The lowest BCUT2D eigenvalue weighted by molar-refractivity contribution is 0.581. The number of hydrazine groups is 1. The van der Waals surface area contributed by atoms with E-state index in [-0.39, 0.29) is 11.4 Å². The molecule has 0 saturated carbocycles. The molecule has 2 unspecified atom stereocenters. The molecule has 2 atom stereocenters. The average Bonchev–Trinajstić information content (AvgIpc) is 2.53. The molecular formula is C8H10ClN3. The van der Waals surface area contributed by atoms with Gasteiger partial charge in [-0.15, -0.1) is 11.6 Å². The average molecular weight is 184 g/mol. The molecule has 0 amide bonds. The number of nitrogens with one attached hydrogen (secondary N) is 2. The van der Waals surface area contributed by atoms with E-state index in [1.165, 1.54) is 0 Å². The molecule has 0 bridgehead atoms. The molecule has 0 aliphatic carbocycles. The highest BCUT2D eigenvalue weighted by Crippen LogP contribution is 2.22. The van der Waals surface area contributed by atoms with Crippen molar-refractivity contribution in [1.29, 1.82) is 0 Å². The van der Waals surface area contributed by atoms with E-state index in [0.29, 0.717) is 0 Å². The van der Waals surface area contributed by atoms with Crippen LogP contribution >= 0.6 is 11.6 Å². The zero-order valence-electron chi connectivity index (χ0n) is 6.50. The van der Waals surface area contributed by atoms with Crippen LogP contribution in [0.15, 0.2) is 24.5 Å². The van der Waals surface area contributed by atoms with Crippen LogP contribution < -0.4 is 10.9 Å². The fourth-order valence-electron chi connectivity index (χ4n) is 1.33. The normalized spacial score (nSPS) is 29.1. The summed E-state index contributed by atoms with van der Waals surface area (Å²) >= 11 is 6.06. The Labute approximate surface area is 76.1 Å². The van der Waals surface area contributed by atoms with E-state index in [0.717, 1.165) is 12.1 Å². The maximum absolute atomic E-state index is 6.06. The van der Waals surface area contributed by atoms with Crippen molar-refractivity contribution in [1.82, 2.24) is 15.8 Å². The second kappa shape index (κ2) is 3.39. The molecule has 1 aliphatic rings. The third-order valence-corrected chi connectivity index (χ3v) is 2.37. The van der Waals surface area contributed by atoms with Crippen molar-refractivity contribution < 1.29 is 0 Å². The lowest BCUT2D eigenvalue weighted by Gasteiger charge is -2.11. The summed E-state index contributed by atoms with van der Waals surface area (Å²) in [7, 11) is 0. The molecule has 0 spiro atoms. The minimum atomic E-state index is 0.106. The van der Waals surface area contributed by atoms with Crippen molar-refractivity contribution in [3.05, 3.63) is 30.1 Å². The van der Waals surface area contributed by atoms with Gasteiger partial charge < -0.3 is 0 Å². The maximum Gasteiger partial charge on any atom is 0.0682 e. The molecule has 64 valence electrons. The first-order valence-corrected chi connectivity index (χ1v) is 4.34. The van der Waals surface area contributed by atoms with E-state index in [1.807, 2.05) is 18.3 Å². The number of hydrogen-bond donors (Lipinski definition) is 2. The van der Waals surface area contributed by atoms with Crippen LogP contribution in [0.1, 0.15) is 11.6 Å². The first kappa shape index (κ1) is 7.98. The highest BCUT2D eigenvalue weighted by molar-refractivity contribution is 6.21. The van der Waals surface area contributed by atoms with Gasteiger partial charge in [0.15, 0.2) is 0 Å². The van der Waals surface area contributed by atoms with Crippen molar-refractivity contribution >= 4 is 11.6 Å². The SMILES string of the molecule is ClC1CNNC1c1cccnc1. The molecule has 1 aromatic rings. The zero-order valence-corrected chi connectivity index (χ0v) is 7.25. The van der Waals surface area contributed by atoms with Crippen molar-refractivity contribution in [3.8, 4) is 0 Å². The third kappa shape index (κ3) is 1.43. The summed E-state index contributed by atoms with van der Waals surface area (Å²) in [5.41, 5.74) is 7.24. The highest BCUT2D eigenvalue weighted by Gasteiger charge is 2.25. The van der Waals surface area contributed by atoms with Gasteiger partial charge in [0.25, 0.3) is 0 Å². The van der Waals surface area contributed by atoms with E-state index in [9.17, 15) is 0 Å². The molecular weight excluding hydrogens is 174 g/mol. The van der Waals surface area contributed by atoms with Crippen LogP contribution in [0.3, 0.4) is 0 Å². The summed E-state index contributed by atoms with van der Waals surface area (Å²) in [5.74, 6) is 0. The van der Waals surface area contributed by atoms with Crippen LogP contribution in [-0.4, -0.2) is 16.9 Å². The number of alkyl halides is 1. The van der Waals surface area contributed by atoms with Gasteiger partial charge in [-0.3, -0.25) is 10.4 Å². The van der Waals surface area contributed by atoms with Crippen molar-refractivity contribution in [2.45, 2.75) is 11.4 Å². The second-order valence-corrected chi connectivity index (χ2v) is 3.37. The van der Waals surface area contributed by atoms with E-state index in [4.69, 9.17) is 11.6 Å². The summed E-state index contributed by atoms with van der Waals surface area (Å²) in [6, 6.07) is 4.12. The van der Waals surface area contributed by atoms with Gasteiger partial charge in [-0.05, 0) is 11.6 Å². The topological polar surface area (TPSA) is 37.0 Å². The largest absolute Gasteiger partial charge is 0.264 e. The Kier molecular flexibility index (Phi) is 2.26. The number of rotatable bonds is 1. The van der Waals surface area contributed by atoms with Gasteiger partial charge in [0.2, 0.25) is 0 Å². The van der Waals surface area contributed by atoms with Crippen LogP contribution in [0.5, 0.6) is 0 Å². The predicted molar refractivity (Wildman–Crippen MR) is 47.8 cm³/mol. The van der Waals surface area contributed by atoms with Crippen LogP contribution in [0, 0.1) is 0 Å². The molecule has 0 radical (unpaired) electrons. The summed E-state index contributed by atoms with van der Waals surface area (Å²) in [5, 5.41) is 0.106. The fraction of sp³-hybridized carbons (Fsp3) is 0.375. The van der Waals surface area contributed by atoms with Gasteiger partial charge in [-0.25, -0.2) is 5.43 Å². The number of nitrogens with zero attached hydrogens (tertiary/aromatic N) is 1. The molecule has 2 rings (SSSR count). The monoisotopic (exact) mass is 183 g/mol. The molecule has 12 heavy (non-hydrogen) atoms. The number of pyridine rings is 1. The van der Waals surface area contributed by atoms with Crippen molar-refractivity contribution in [2.24, 2.45) is 0 Å². The Morgan fingerprint density at radius 3 is 3.08 bits per heavy atom. The minimum absolute atomic E-state index is 0.106. The predicted octanol–water partition coefficient (Wildman–Crippen LogP) is 0.838. The number of halogens is 1. The maximum atomic E-state index is 6.06. The van der Waals surface area contributed by atoms with Gasteiger partial charge in [-0.2, -0.15) is 0 Å². The van der Waals surface area contributed by atoms with Gasteiger partial charge >= 0.3 is 0 Å². The quantitative estimate of drug-likeness (QED) is 0.634. The fourth-order valence-corrected chi connectivity index (χ4v) is 1.61. The molecule has 1 aliphatic heterocycles. The van der Waals surface area contributed by atoms with Crippen LogP contribution in [0.4, 0.5) is 0 Å². The first-order valence-electron chi connectivity index (χ1n) is 3.90. The Bertz CT molecular complexity index is 252. The molecule has 1 aromatic heterocycles. The molecule has 1 saturated heterocycles. The summed E-state index contributed by atoms with van der Waals surface area (Å²) in [4.78, 5) is 4.04. The van der Waals surface area contributed by atoms with E-state index in [1.54, 1.807) is 6.20 Å². The Balaban J connectivity index is 2.19. The van der Waals surface area contributed by atoms with Gasteiger partial charge in [-0.1, -0.05) is 6.07 Å². The highest BCUT2D eigenvalue weighted by atomic mass is 35.5. The van der Waals surface area contributed by atoms with Crippen molar-refractivity contribution in [2.75, 3.05) is 6.54 Å². The molecule has 2 N–H and O–H groups in total. The van der Waals surface area contributed by atoms with Gasteiger partial charge in [0, 0.05) is 18.9 Å². The van der Waals surface area contributed by atoms with Gasteiger partial charge in [0.05, 0.1) is 11.4 Å². The molecule has 4 heteroatoms. The Hall–Kier alpha value is -0.640. The Morgan fingerprint density at radius 2 is 2.50 bits per heavy atom. The van der Waals surface area contributed by atoms with Crippen LogP contribution in [0.2, 0.25) is 0 Å². The first-order chi connectivity index (χ1) is 5.88. The van der Waals surface area contributed by atoms with E-state index >= 15 is 0 Å². The lowest BCUT2D eigenvalue weighted by Crippen LogP contribution is -2.25. The minimum Gasteiger partial charge on any atom is -0.264 e. The second-order valence-electron chi connectivity index (χ2n) is 2.81. The van der Waals surface area contributed by atoms with Gasteiger partial charge in [0.1, 0.15) is 0 Å². The smallest absolute Gasteiger partial charge is 0.0682 e. The lowest BCUT2D eigenvalue weighted by atomic mass is 10.1. The summed E-state index contributed by atoms with van der Waals surface area (Å²) < 4.78 is 0.